The number of halogens is 2. The van der Waals surface area contributed by atoms with Crippen LogP contribution in [-0.2, 0) is 0 Å². The molecule has 2 rings (SSSR count). The van der Waals surface area contributed by atoms with E-state index in [1.807, 2.05) is 0 Å². The first-order valence-corrected chi connectivity index (χ1v) is 3.61. The summed E-state index contributed by atoms with van der Waals surface area (Å²) in [6.45, 7) is 0. The Morgan fingerprint density at radius 1 is 0.750 bits per heavy atom. The fourth-order valence-corrected chi connectivity index (χ4v) is 1.18. The molecule has 0 bridgehead atoms. The van der Waals surface area contributed by atoms with E-state index < -0.39 is 11.6 Å². The Kier molecular flexibility index (Phi) is 1.54. The van der Waals surface area contributed by atoms with E-state index in [4.69, 9.17) is 0 Å². The van der Waals surface area contributed by atoms with Gasteiger partial charge in [0.05, 0.1) is 0 Å². The molecular weight excluding hydrogens is 158 g/mol. The standard InChI is InChI=1S/C10H6F2/c11-9-5-7-3-1-2-4-8(7)6-10(9)12/h1-6H. The molecule has 0 saturated heterocycles. The first-order chi connectivity index (χ1) is 5.77. The van der Waals surface area contributed by atoms with Crippen molar-refractivity contribution in [3.05, 3.63) is 48.0 Å². The molecule has 0 aliphatic heterocycles. The van der Waals surface area contributed by atoms with Gasteiger partial charge in [-0.2, -0.15) is 0 Å². The van der Waals surface area contributed by atoms with Crippen LogP contribution in [0.1, 0.15) is 0 Å². The highest BCUT2D eigenvalue weighted by Crippen LogP contribution is 2.17. The molecule has 0 fully saturated rings. The van der Waals surface area contributed by atoms with Gasteiger partial charge >= 0.3 is 0 Å². The first-order valence-electron chi connectivity index (χ1n) is 3.61. The number of hydrogen-bond acceptors (Lipinski definition) is 0. The average molecular weight is 164 g/mol. The SMILES string of the molecule is Fc1cc2ccccc2cc1F. The van der Waals surface area contributed by atoms with Gasteiger partial charge in [0.25, 0.3) is 0 Å². The smallest absolute Gasteiger partial charge is 0.159 e. The predicted molar refractivity (Wildman–Crippen MR) is 43.9 cm³/mol. The lowest BCUT2D eigenvalue weighted by molar-refractivity contribution is 0.511. The second-order valence-electron chi connectivity index (χ2n) is 2.61. The van der Waals surface area contributed by atoms with E-state index in [1.165, 1.54) is 12.1 Å². The summed E-state index contributed by atoms with van der Waals surface area (Å²) in [4.78, 5) is 0. The highest BCUT2D eigenvalue weighted by atomic mass is 19.2. The molecule has 60 valence electrons. The van der Waals surface area contributed by atoms with Crippen LogP contribution in [0.15, 0.2) is 36.4 Å². The van der Waals surface area contributed by atoms with Crippen LogP contribution in [0.5, 0.6) is 0 Å². The van der Waals surface area contributed by atoms with Gasteiger partial charge in [0.1, 0.15) is 0 Å². The van der Waals surface area contributed by atoms with Crippen molar-refractivity contribution >= 4 is 10.8 Å². The Balaban J connectivity index is 2.84. The molecule has 0 amide bonds. The van der Waals surface area contributed by atoms with Crippen LogP contribution in [0.2, 0.25) is 0 Å². The number of fused-ring (bicyclic) bond motifs is 1. The zero-order valence-corrected chi connectivity index (χ0v) is 6.22. The van der Waals surface area contributed by atoms with Crippen LogP contribution < -0.4 is 0 Å². The monoisotopic (exact) mass is 164 g/mol. The molecule has 0 nitrogen and oxygen atoms in total. The Hall–Kier alpha value is -1.44. The quantitative estimate of drug-likeness (QED) is 0.561. The number of benzene rings is 2. The van der Waals surface area contributed by atoms with Gasteiger partial charge in [-0.15, -0.1) is 0 Å². The lowest BCUT2D eigenvalue weighted by Gasteiger charge is -1.97. The third-order valence-corrected chi connectivity index (χ3v) is 1.79. The Labute approximate surface area is 68.4 Å². The molecule has 0 aliphatic carbocycles. The minimum absolute atomic E-state index is 0.719. The van der Waals surface area contributed by atoms with Crippen LogP contribution in [0.25, 0.3) is 10.8 Å². The topological polar surface area (TPSA) is 0 Å². The highest BCUT2D eigenvalue weighted by molar-refractivity contribution is 5.82. The molecule has 0 unspecified atom stereocenters. The predicted octanol–water partition coefficient (Wildman–Crippen LogP) is 3.12. The Morgan fingerprint density at radius 3 is 1.58 bits per heavy atom. The van der Waals surface area contributed by atoms with Gasteiger partial charge in [0, 0.05) is 0 Å². The fourth-order valence-electron chi connectivity index (χ4n) is 1.18. The summed E-state index contributed by atoms with van der Waals surface area (Å²) < 4.78 is 25.3. The summed E-state index contributed by atoms with van der Waals surface area (Å²) in [7, 11) is 0. The molecule has 0 aromatic heterocycles. The van der Waals surface area contributed by atoms with Crippen molar-refractivity contribution in [2.45, 2.75) is 0 Å². The molecule has 0 N–H and O–H groups in total. The maximum absolute atomic E-state index is 12.7. The number of rotatable bonds is 0. The number of hydrogen-bond donors (Lipinski definition) is 0. The van der Waals surface area contributed by atoms with Crippen molar-refractivity contribution in [1.82, 2.24) is 0 Å². The molecule has 0 heterocycles. The van der Waals surface area contributed by atoms with Crippen molar-refractivity contribution in [1.29, 1.82) is 0 Å². The summed E-state index contributed by atoms with van der Waals surface area (Å²) in [5.74, 6) is -1.59. The Morgan fingerprint density at radius 2 is 1.17 bits per heavy atom. The van der Waals surface area contributed by atoms with Crippen molar-refractivity contribution in [3.8, 4) is 0 Å². The zero-order chi connectivity index (χ0) is 8.55. The van der Waals surface area contributed by atoms with Crippen molar-refractivity contribution in [2.24, 2.45) is 0 Å². The fraction of sp³-hybridized carbons (Fsp3) is 0. The normalized spacial score (nSPS) is 10.5. The van der Waals surface area contributed by atoms with Gasteiger partial charge in [0.15, 0.2) is 11.6 Å². The molecule has 2 heteroatoms. The van der Waals surface area contributed by atoms with Crippen LogP contribution >= 0.6 is 0 Å². The van der Waals surface area contributed by atoms with Gasteiger partial charge < -0.3 is 0 Å². The first kappa shape index (κ1) is 7.22. The summed E-state index contributed by atoms with van der Waals surface area (Å²) in [6.07, 6.45) is 0. The molecule has 0 aliphatic rings. The van der Waals surface area contributed by atoms with E-state index in [9.17, 15) is 8.78 Å². The van der Waals surface area contributed by atoms with Gasteiger partial charge in [0.2, 0.25) is 0 Å². The van der Waals surface area contributed by atoms with E-state index in [1.54, 1.807) is 24.3 Å². The van der Waals surface area contributed by atoms with Crippen molar-refractivity contribution < 1.29 is 8.78 Å². The van der Waals surface area contributed by atoms with E-state index >= 15 is 0 Å². The third-order valence-electron chi connectivity index (χ3n) is 1.79. The third kappa shape index (κ3) is 1.05. The molecule has 0 radical (unpaired) electrons. The summed E-state index contributed by atoms with van der Waals surface area (Å²) >= 11 is 0. The summed E-state index contributed by atoms with van der Waals surface area (Å²) in [5.41, 5.74) is 0. The summed E-state index contributed by atoms with van der Waals surface area (Å²) in [5, 5.41) is 1.44. The lowest BCUT2D eigenvalue weighted by atomic mass is 10.1. The van der Waals surface area contributed by atoms with Crippen LogP contribution in [0.3, 0.4) is 0 Å². The largest absolute Gasteiger partial charge is 0.204 e. The second kappa shape index (κ2) is 2.55. The van der Waals surface area contributed by atoms with Crippen molar-refractivity contribution in [3.63, 3.8) is 0 Å². The van der Waals surface area contributed by atoms with Crippen molar-refractivity contribution in [2.75, 3.05) is 0 Å². The zero-order valence-electron chi connectivity index (χ0n) is 6.22. The molecule has 0 atom stereocenters. The van der Waals surface area contributed by atoms with Gasteiger partial charge in [-0.25, -0.2) is 8.78 Å². The van der Waals surface area contributed by atoms with Gasteiger partial charge in [-0.3, -0.25) is 0 Å². The second-order valence-corrected chi connectivity index (χ2v) is 2.61. The molecule has 0 saturated carbocycles. The molecule has 2 aromatic carbocycles. The van der Waals surface area contributed by atoms with Crippen LogP contribution in [-0.4, -0.2) is 0 Å². The molecule has 0 spiro atoms. The lowest BCUT2D eigenvalue weighted by Crippen LogP contribution is -1.82. The van der Waals surface area contributed by atoms with E-state index in [2.05, 4.69) is 0 Å². The van der Waals surface area contributed by atoms with Gasteiger partial charge in [-0.1, -0.05) is 24.3 Å². The summed E-state index contributed by atoms with van der Waals surface area (Å²) in [6, 6.07) is 9.48. The van der Waals surface area contributed by atoms with E-state index in [-0.39, 0.29) is 0 Å². The van der Waals surface area contributed by atoms with Crippen LogP contribution in [0, 0.1) is 11.6 Å². The Bertz CT molecular complexity index is 381. The van der Waals surface area contributed by atoms with Gasteiger partial charge in [-0.05, 0) is 22.9 Å². The minimum atomic E-state index is -0.797. The minimum Gasteiger partial charge on any atom is -0.204 e. The molecule has 12 heavy (non-hydrogen) atoms. The molecular formula is C10H6F2. The maximum Gasteiger partial charge on any atom is 0.159 e. The van der Waals surface area contributed by atoms with Crippen LogP contribution in [0.4, 0.5) is 8.78 Å². The highest BCUT2D eigenvalue weighted by Gasteiger charge is 2.01. The molecule has 2 aromatic rings. The maximum atomic E-state index is 12.7. The van der Waals surface area contributed by atoms with E-state index in [0.717, 1.165) is 10.8 Å². The average Bonchev–Trinajstić information content (AvgIpc) is 2.07. The van der Waals surface area contributed by atoms with E-state index in [0.29, 0.717) is 0 Å².